The van der Waals surface area contributed by atoms with Crippen molar-refractivity contribution in [2.45, 2.75) is 32.1 Å². The fourth-order valence-corrected chi connectivity index (χ4v) is 6.49. The Morgan fingerprint density at radius 3 is 2.58 bits per heavy atom. The number of hydrogen-bond acceptors (Lipinski definition) is 8. The standard InChI is InChI=1S/C31H26N2O6S/c1-37-31(36)27-19-11-3-2-4-16-24(19)40-29(27)33-25(34)17-38-30(35)21-13-8-10-18-9-7-12-20(26(18)21)28-32-22-14-5-6-15-23(22)39-28/h5-10,12-15H,2-4,11,16-17H2,1H3,(H,33,34). The van der Waals surface area contributed by atoms with Crippen LogP contribution in [0.25, 0.3) is 33.3 Å². The summed E-state index contributed by atoms with van der Waals surface area (Å²) < 4.78 is 16.4. The largest absolute Gasteiger partial charge is 0.465 e. The number of rotatable bonds is 6. The van der Waals surface area contributed by atoms with E-state index in [0.717, 1.165) is 47.9 Å². The number of para-hydroxylation sites is 2. The number of hydrogen-bond donors (Lipinski definition) is 1. The minimum Gasteiger partial charge on any atom is -0.465 e. The summed E-state index contributed by atoms with van der Waals surface area (Å²) >= 11 is 1.39. The molecule has 0 spiro atoms. The highest BCUT2D eigenvalue weighted by atomic mass is 32.1. The van der Waals surface area contributed by atoms with Gasteiger partial charge in [0.2, 0.25) is 5.89 Å². The zero-order chi connectivity index (χ0) is 27.6. The molecule has 0 fully saturated rings. The second-order valence-electron chi connectivity index (χ2n) is 9.58. The molecule has 202 valence electrons. The van der Waals surface area contributed by atoms with Crippen molar-refractivity contribution in [2.24, 2.45) is 0 Å². The molecule has 0 bridgehead atoms. The lowest BCUT2D eigenvalue weighted by atomic mass is 9.99. The molecule has 0 saturated carbocycles. The van der Waals surface area contributed by atoms with Crippen LogP contribution >= 0.6 is 11.3 Å². The van der Waals surface area contributed by atoms with Gasteiger partial charge in [-0.25, -0.2) is 14.6 Å². The molecule has 2 aromatic heterocycles. The van der Waals surface area contributed by atoms with E-state index in [1.807, 2.05) is 48.5 Å². The predicted octanol–water partition coefficient (Wildman–Crippen LogP) is 6.56. The monoisotopic (exact) mass is 554 g/mol. The Morgan fingerprint density at radius 2 is 1.75 bits per heavy atom. The molecule has 6 rings (SSSR count). The molecular weight excluding hydrogens is 528 g/mol. The molecule has 0 radical (unpaired) electrons. The van der Waals surface area contributed by atoms with Gasteiger partial charge in [0.15, 0.2) is 12.2 Å². The molecule has 0 unspecified atom stereocenters. The Hall–Kier alpha value is -4.50. The van der Waals surface area contributed by atoms with Gasteiger partial charge >= 0.3 is 11.9 Å². The van der Waals surface area contributed by atoms with Gasteiger partial charge in [-0.2, -0.15) is 0 Å². The number of anilines is 1. The van der Waals surface area contributed by atoms with Crippen LogP contribution in [0.2, 0.25) is 0 Å². The normalized spacial score (nSPS) is 13.0. The topological polar surface area (TPSA) is 108 Å². The maximum Gasteiger partial charge on any atom is 0.341 e. The second kappa shape index (κ2) is 10.9. The Kier molecular flexibility index (Phi) is 7.04. The molecule has 0 saturated heterocycles. The highest BCUT2D eigenvalue weighted by Crippen LogP contribution is 2.38. The van der Waals surface area contributed by atoms with Crippen molar-refractivity contribution >= 4 is 56.1 Å². The lowest BCUT2D eigenvalue weighted by Gasteiger charge is -2.11. The first-order chi connectivity index (χ1) is 19.5. The summed E-state index contributed by atoms with van der Waals surface area (Å²) in [6.45, 7) is -0.510. The number of nitrogens with one attached hydrogen (secondary N) is 1. The molecule has 1 aliphatic carbocycles. The molecule has 0 aliphatic heterocycles. The molecule has 1 N–H and O–H groups in total. The van der Waals surface area contributed by atoms with Gasteiger partial charge in [0.1, 0.15) is 10.5 Å². The van der Waals surface area contributed by atoms with Gasteiger partial charge in [0, 0.05) is 15.8 Å². The first kappa shape index (κ1) is 25.8. The van der Waals surface area contributed by atoms with Gasteiger partial charge in [-0.15, -0.1) is 11.3 Å². The summed E-state index contributed by atoms with van der Waals surface area (Å²) in [5, 5.41) is 4.64. The number of carbonyl (C=O) groups is 3. The quantitative estimate of drug-likeness (QED) is 0.187. The van der Waals surface area contributed by atoms with Crippen LogP contribution in [-0.4, -0.2) is 36.5 Å². The zero-order valence-electron chi connectivity index (χ0n) is 21.8. The molecule has 8 nitrogen and oxygen atoms in total. The molecule has 2 heterocycles. The minimum absolute atomic E-state index is 0.293. The number of esters is 2. The molecule has 1 amide bonds. The first-order valence-corrected chi connectivity index (χ1v) is 13.9. The summed E-state index contributed by atoms with van der Waals surface area (Å²) in [5.74, 6) is -1.28. The first-order valence-electron chi connectivity index (χ1n) is 13.1. The van der Waals surface area contributed by atoms with Crippen LogP contribution in [0.5, 0.6) is 0 Å². The zero-order valence-corrected chi connectivity index (χ0v) is 22.6. The molecular formula is C31H26N2O6S. The molecule has 40 heavy (non-hydrogen) atoms. The van der Waals surface area contributed by atoms with Crippen LogP contribution in [0.3, 0.4) is 0 Å². The number of thiophene rings is 1. The SMILES string of the molecule is COC(=O)c1c(NC(=O)COC(=O)c2cccc3cccc(-c4nc5ccccc5o4)c23)sc2c1CCCCC2. The molecule has 3 aromatic carbocycles. The van der Waals surface area contributed by atoms with Gasteiger partial charge < -0.3 is 19.2 Å². The van der Waals surface area contributed by atoms with Crippen molar-refractivity contribution in [1.82, 2.24) is 4.98 Å². The van der Waals surface area contributed by atoms with E-state index in [1.54, 1.807) is 12.1 Å². The maximum absolute atomic E-state index is 13.3. The maximum atomic E-state index is 13.3. The number of aromatic nitrogens is 1. The number of ether oxygens (including phenoxy) is 2. The third-order valence-corrected chi connectivity index (χ3v) is 8.25. The van der Waals surface area contributed by atoms with Crippen molar-refractivity contribution in [2.75, 3.05) is 19.0 Å². The fourth-order valence-electron chi connectivity index (χ4n) is 5.20. The van der Waals surface area contributed by atoms with Gasteiger partial charge in [0.25, 0.3) is 5.91 Å². The summed E-state index contributed by atoms with van der Waals surface area (Å²) in [6, 6.07) is 18.3. The van der Waals surface area contributed by atoms with Gasteiger partial charge in [-0.1, -0.05) is 42.8 Å². The summed E-state index contributed by atoms with van der Waals surface area (Å²) in [6.07, 6.45) is 4.75. The van der Waals surface area contributed by atoms with E-state index < -0.39 is 24.5 Å². The minimum atomic E-state index is -0.653. The number of methoxy groups -OCH3 is 1. The third-order valence-electron chi connectivity index (χ3n) is 7.05. The van der Waals surface area contributed by atoms with E-state index in [-0.39, 0.29) is 0 Å². The Labute approximate surface area is 233 Å². The van der Waals surface area contributed by atoms with Crippen molar-refractivity contribution in [3.05, 3.63) is 82.2 Å². The average Bonchev–Trinajstić information content (AvgIpc) is 3.48. The Morgan fingerprint density at radius 1 is 0.950 bits per heavy atom. The number of aryl methyl sites for hydroxylation is 1. The highest BCUT2D eigenvalue weighted by Gasteiger charge is 2.27. The summed E-state index contributed by atoms with van der Waals surface area (Å²) in [7, 11) is 1.33. The second-order valence-corrected chi connectivity index (χ2v) is 10.7. The Balaban J connectivity index is 1.24. The number of fused-ring (bicyclic) bond motifs is 3. The van der Waals surface area contributed by atoms with E-state index in [2.05, 4.69) is 10.3 Å². The summed E-state index contributed by atoms with van der Waals surface area (Å²) in [4.78, 5) is 44.4. The van der Waals surface area contributed by atoms with Gasteiger partial charge in [-0.3, -0.25) is 4.79 Å². The van der Waals surface area contributed by atoms with Crippen LogP contribution in [0.1, 0.15) is 50.4 Å². The van der Waals surface area contributed by atoms with E-state index in [4.69, 9.17) is 13.9 Å². The number of benzene rings is 3. The number of amides is 1. The molecule has 5 aromatic rings. The van der Waals surface area contributed by atoms with E-state index in [0.29, 0.717) is 44.1 Å². The van der Waals surface area contributed by atoms with Crippen LogP contribution in [0.15, 0.2) is 65.1 Å². The van der Waals surface area contributed by atoms with E-state index in [9.17, 15) is 14.4 Å². The predicted molar refractivity (Wildman–Crippen MR) is 153 cm³/mol. The third kappa shape index (κ3) is 4.84. The number of carbonyl (C=O) groups excluding carboxylic acids is 3. The van der Waals surface area contributed by atoms with Crippen molar-refractivity contribution < 1.29 is 28.3 Å². The van der Waals surface area contributed by atoms with Crippen molar-refractivity contribution in [3.63, 3.8) is 0 Å². The van der Waals surface area contributed by atoms with Crippen LogP contribution in [0, 0.1) is 0 Å². The van der Waals surface area contributed by atoms with Crippen LogP contribution < -0.4 is 5.32 Å². The van der Waals surface area contributed by atoms with Gasteiger partial charge in [0.05, 0.1) is 18.2 Å². The highest BCUT2D eigenvalue weighted by molar-refractivity contribution is 7.17. The lowest BCUT2D eigenvalue weighted by Crippen LogP contribution is -2.22. The average molecular weight is 555 g/mol. The lowest BCUT2D eigenvalue weighted by molar-refractivity contribution is -0.119. The van der Waals surface area contributed by atoms with E-state index in [1.165, 1.54) is 18.4 Å². The molecule has 0 atom stereocenters. The van der Waals surface area contributed by atoms with Crippen LogP contribution in [-0.2, 0) is 27.1 Å². The number of oxazole rings is 1. The summed E-state index contributed by atoms with van der Waals surface area (Å²) in [5.41, 5.74) is 3.65. The molecule has 1 aliphatic rings. The van der Waals surface area contributed by atoms with E-state index >= 15 is 0 Å². The van der Waals surface area contributed by atoms with Crippen molar-refractivity contribution in [3.8, 4) is 11.5 Å². The van der Waals surface area contributed by atoms with Crippen molar-refractivity contribution in [1.29, 1.82) is 0 Å². The van der Waals surface area contributed by atoms with Gasteiger partial charge in [-0.05, 0) is 60.9 Å². The molecule has 9 heteroatoms. The number of nitrogens with zero attached hydrogens (tertiary/aromatic N) is 1. The fraction of sp³-hybridized carbons (Fsp3) is 0.226. The smallest absolute Gasteiger partial charge is 0.341 e. The Bertz CT molecular complexity index is 1730. The van der Waals surface area contributed by atoms with Crippen LogP contribution in [0.4, 0.5) is 5.00 Å².